The van der Waals surface area contributed by atoms with Crippen LogP contribution >= 0.6 is 15.9 Å². The molecule has 0 aliphatic heterocycles. The molecule has 0 saturated carbocycles. The number of carbonyl (C=O) groups is 1. The summed E-state index contributed by atoms with van der Waals surface area (Å²) in [5.41, 5.74) is 6.71. The molecule has 4 rings (SSSR count). The van der Waals surface area contributed by atoms with Gasteiger partial charge in [-0.3, -0.25) is 4.79 Å². The number of benzene rings is 2. The minimum atomic E-state index is -0.446. The van der Waals surface area contributed by atoms with Crippen LogP contribution in [0.1, 0.15) is 47.1 Å². The van der Waals surface area contributed by atoms with Crippen LogP contribution in [-0.4, -0.2) is 22.8 Å². The second-order valence-electron chi connectivity index (χ2n) is 8.56. The van der Waals surface area contributed by atoms with Crippen LogP contribution in [0.15, 0.2) is 80.7 Å². The number of nitrogens with one attached hydrogen (secondary N) is 1. The number of halogens is 1. The van der Waals surface area contributed by atoms with Gasteiger partial charge in [-0.05, 0) is 116 Å². The summed E-state index contributed by atoms with van der Waals surface area (Å²) >= 11 is 3.48. The third-order valence-electron chi connectivity index (χ3n) is 5.33. The second kappa shape index (κ2) is 11.3. The van der Waals surface area contributed by atoms with Crippen molar-refractivity contribution >= 4 is 28.1 Å². The Balaban J connectivity index is 1.29. The summed E-state index contributed by atoms with van der Waals surface area (Å²) in [5, 5.41) is 4.01. The number of hydrazone groups is 1. The summed E-state index contributed by atoms with van der Waals surface area (Å²) in [6.07, 6.45) is 1.63. The van der Waals surface area contributed by atoms with Crippen molar-refractivity contribution in [2.75, 3.05) is 0 Å². The number of rotatable bonds is 9. The van der Waals surface area contributed by atoms with E-state index in [4.69, 9.17) is 13.9 Å². The highest BCUT2D eigenvalue weighted by atomic mass is 79.9. The smallest absolute Gasteiger partial charge is 0.307 e. The first-order valence-corrected chi connectivity index (χ1v) is 12.4. The SMILES string of the molecule is Cc1ccc(C)n1-c1ccc(OCc2ccc(C(=O)N/N=C/c3ccc(OC(C)C)c(Br)c3)o2)cc1. The van der Waals surface area contributed by atoms with Crippen molar-refractivity contribution in [1.29, 1.82) is 0 Å². The van der Waals surface area contributed by atoms with Gasteiger partial charge in [0.15, 0.2) is 5.76 Å². The lowest BCUT2D eigenvalue weighted by atomic mass is 10.2. The van der Waals surface area contributed by atoms with Crippen molar-refractivity contribution in [2.45, 2.75) is 40.4 Å². The lowest BCUT2D eigenvalue weighted by molar-refractivity contribution is 0.0923. The van der Waals surface area contributed by atoms with E-state index in [-0.39, 0.29) is 18.5 Å². The van der Waals surface area contributed by atoms with Gasteiger partial charge in [0.05, 0.1) is 16.8 Å². The van der Waals surface area contributed by atoms with Crippen molar-refractivity contribution in [2.24, 2.45) is 5.10 Å². The first-order valence-electron chi connectivity index (χ1n) is 11.6. The van der Waals surface area contributed by atoms with Crippen LogP contribution in [0.25, 0.3) is 5.69 Å². The van der Waals surface area contributed by atoms with Crippen LogP contribution in [-0.2, 0) is 6.61 Å². The molecule has 2 heterocycles. The van der Waals surface area contributed by atoms with Crippen molar-refractivity contribution < 1.29 is 18.7 Å². The number of nitrogens with zero attached hydrogens (tertiary/aromatic N) is 2. The van der Waals surface area contributed by atoms with E-state index in [1.807, 2.05) is 56.3 Å². The first-order chi connectivity index (χ1) is 17.3. The third-order valence-corrected chi connectivity index (χ3v) is 5.95. The average Bonchev–Trinajstić information content (AvgIpc) is 3.46. The highest BCUT2D eigenvalue weighted by molar-refractivity contribution is 9.10. The first kappa shape index (κ1) is 25.3. The molecule has 0 saturated heterocycles. The largest absolute Gasteiger partial charge is 0.490 e. The van der Waals surface area contributed by atoms with Gasteiger partial charge in [0.1, 0.15) is 23.9 Å². The van der Waals surface area contributed by atoms with Gasteiger partial charge in [0.2, 0.25) is 0 Å². The summed E-state index contributed by atoms with van der Waals surface area (Å²) in [6, 6.07) is 20.9. The van der Waals surface area contributed by atoms with Crippen LogP contribution < -0.4 is 14.9 Å². The van der Waals surface area contributed by atoms with E-state index in [2.05, 4.69) is 57.0 Å². The summed E-state index contributed by atoms with van der Waals surface area (Å²) in [7, 11) is 0. The number of aromatic nitrogens is 1. The fraction of sp³-hybridized carbons (Fsp3) is 0.214. The Kier molecular flexibility index (Phi) is 7.95. The van der Waals surface area contributed by atoms with E-state index >= 15 is 0 Å². The molecule has 0 bridgehead atoms. The zero-order chi connectivity index (χ0) is 25.7. The summed E-state index contributed by atoms with van der Waals surface area (Å²) < 4.78 is 20.1. The highest BCUT2D eigenvalue weighted by Gasteiger charge is 2.11. The lowest BCUT2D eigenvalue weighted by Crippen LogP contribution is -2.16. The number of ether oxygens (including phenoxy) is 2. The summed E-state index contributed by atoms with van der Waals surface area (Å²) in [5.74, 6) is 1.71. The number of hydrogen-bond acceptors (Lipinski definition) is 5. The number of aryl methyl sites for hydroxylation is 2. The molecule has 7 nitrogen and oxygen atoms in total. The fourth-order valence-electron chi connectivity index (χ4n) is 3.67. The number of carbonyl (C=O) groups excluding carboxylic acids is 1. The van der Waals surface area contributed by atoms with E-state index in [0.29, 0.717) is 11.5 Å². The Labute approximate surface area is 218 Å². The number of hydrogen-bond donors (Lipinski definition) is 1. The molecule has 8 heteroatoms. The Morgan fingerprint density at radius 1 is 1.06 bits per heavy atom. The van der Waals surface area contributed by atoms with Crippen LogP contribution in [0.4, 0.5) is 0 Å². The average molecular weight is 550 g/mol. The van der Waals surface area contributed by atoms with Crippen LogP contribution in [0, 0.1) is 13.8 Å². The topological polar surface area (TPSA) is 78.0 Å². The Hall–Kier alpha value is -3.78. The predicted molar refractivity (Wildman–Crippen MR) is 143 cm³/mol. The molecule has 0 unspecified atom stereocenters. The Morgan fingerprint density at radius 3 is 2.44 bits per heavy atom. The lowest BCUT2D eigenvalue weighted by Gasteiger charge is -2.11. The molecule has 36 heavy (non-hydrogen) atoms. The molecular weight excluding hydrogens is 522 g/mol. The van der Waals surface area contributed by atoms with Crippen LogP contribution in [0.3, 0.4) is 0 Å². The van der Waals surface area contributed by atoms with E-state index in [0.717, 1.165) is 21.5 Å². The molecular formula is C28H28BrN3O4. The molecule has 0 atom stereocenters. The predicted octanol–water partition coefficient (Wildman–Crippen LogP) is 6.58. The van der Waals surface area contributed by atoms with E-state index in [9.17, 15) is 4.79 Å². The zero-order valence-corrected chi connectivity index (χ0v) is 22.2. The van der Waals surface area contributed by atoms with Gasteiger partial charge in [0.25, 0.3) is 0 Å². The molecule has 1 N–H and O–H groups in total. The molecule has 4 aromatic rings. The van der Waals surface area contributed by atoms with Gasteiger partial charge >= 0.3 is 5.91 Å². The molecule has 0 aliphatic carbocycles. The maximum absolute atomic E-state index is 12.4. The quantitative estimate of drug-likeness (QED) is 0.189. The molecule has 2 aromatic carbocycles. The van der Waals surface area contributed by atoms with Crippen molar-refractivity contribution in [1.82, 2.24) is 9.99 Å². The van der Waals surface area contributed by atoms with E-state index in [1.54, 1.807) is 18.3 Å². The van der Waals surface area contributed by atoms with E-state index in [1.165, 1.54) is 11.4 Å². The standard InChI is InChI=1S/C28H28BrN3O4/c1-18(2)35-26-13-7-21(15-25(26)29)16-30-31-28(33)27-14-12-24(36-27)17-34-23-10-8-22(9-11-23)32-19(3)5-6-20(32)4/h5-16,18H,17H2,1-4H3,(H,31,33)/b30-16+. The molecule has 0 aliphatic rings. The van der Waals surface area contributed by atoms with Gasteiger partial charge < -0.3 is 18.5 Å². The van der Waals surface area contributed by atoms with E-state index < -0.39 is 5.91 Å². The number of furan rings is 1. The minimum absolute atomic E-state index is 0.0769. The van der Waals surface area contributed by atoms with Gasteiger partial charge in [-0.15, -0.1) is 0 Å². The molecule has 0 fully saturated rings. The normalized spacial score (nSPS) is 11.3. The zero-order valence-electron chi connectivity index (χ0n) is 20.6. The highest BCUT2D eigenvalue weighted by Crippen LogP contribution is 2.26. The van der Waals surface area contributed by atoms with Crippen LogP contribution in [0.5, 0.6) is 11.5 Å². The van der Waals surface area contributed by atoms with Gasteiger partial charge in [-0.25, -0.2) is 5.43 Å². The maximum atomic E-state index is 12.4. The molecule has 0 radical (unpaired) electrons. The van der Waals surface area contributed by atoms with Crippen molar-refractivity contribution in [3.8, 4) is 17.2 Å². The summed E-state index contributed by atoms with van der Waals surface area (Å²) in [4.78, 5) is 12.4. The van der Waals surface area contributed by atoms with Gasteiger partial charge in [-0.2, -0.15) is 5.10 Å². The van der Waals surface area contributed by atoms with Crippen LogP contribution in [0.2, 0.25) is 0 Å². The second-order valence-corrected chi connectivity index (χ2v) is 9.41. The monoisotopic (exact) mass is 549 g/mol. The van der Waals surface area contributed by atoms with Crippen molar-refractivity contribution in [3.05, 3.63) is 99.7 Å². The Bertz CT molecular complexity index is 1350. The summed E-state index contributed by atoms with van der Waals surface area (Å²) in [6.45, 7) is 8.29. The molecule has 0 spiro atoms. The fourth-order valence-corrected chi connectivity index (χ4v) is 4.16. The van der Waals surface area contributed by atoms with Gasteiger partial charge in [0, 0.05) is 17.1 Å². The minimum Gasteiger partial charge on any atom is -0.490 e. The van der Waals surface area contributed by atoms with Crippen molar-refractivity contribution in [3.63, 3.8) is 0 Å². The molecule has 2 aromatic heterocycles. The maximum Gasteiger partial charge on any atom is 0.307 e. The number of amides is 1. The van der Waals surface area contributed by atoms with Gasteiger partial charge in [-0.1, -0.05) is 0 Å². The molecule has 1 amide bonds. The third kappa shape index (κ3) is 6.26. The molecule has 186 valence electrons. The Morgan fingerprint density at radius 2 is 1.78 bits per heavy atom.